The fourth-order valence-corrected chi connectivity index (χ4v) is 6.51. The van der Waals surface area contributed by atoms with Crippen LogP contribution in [-0.4, -0.2) is 19.9 Å². The molecule has 3 heterocycles. The number of nitrogens with zero attached hydrogens (tertiary/aromatic N) is 5. The van der Waals surface area contributed by atoms with Gasteiger partial charge in [-0.25, -0.2) is 15.0 Å². The number of hydrogen-bond acceptors (Lipinski definition) is 6. The van der Waals surface area contributed by atoms with Crippen LogP contribution in [-0.2, 0) is 0 Å². The predicted octanol–water partition coefficient (Wildman–Crippen LogP) is 11.0. The van der Waals surface area contributed by atoms with E-state index in [1.165, 1.54) is 0 Å². The molecule has 0 saturated carbocycles. The van der Waals surface area contributed by atoms with Gasteiger partial charge in [-0.05, 0) is 58.1 Å². The van der Waals surface area contributed by atoms with E-state index >= 15 is 0 Å². The Hall–Kier alpha value is -7.23. The Kier molecular flexibility index (Phi) is 7.42. The molecule has 6 heteroatoms. The Bertz CT molecular complexity index is 2750. The first-order valence-corrected chi connectivity index (χ1v) is 16.6. The molecule has 0 radical (unpaired) electrons. The minimum absolute atomic E-state index is 0.543. The van der Waals surface area contributed by atoms with Crippen LogP contribution in [0.15, 0.2) is 168 Å². The molecule has 0 spiro atoms. The quantitative estimate of drug-likeness (QED) is 0.177. The van der Waals surface area contributed by atoms with Crippen LogP contribution in [0.2, 0.25) is 0 Å². The molecule has 6 nitrogen and oxygen atoms in total. The van der Waals surface area contributed by atoms with Gasteiger partial charge in [0, 0.05) is 39.2 Å². The second-order valence-electron chi connectivity index (χ2n) is 12.3. The van der Waals surface area contributed by atoms with Crippen molar-refractivity contribution in [3.05, 3.63) is 170 Å². The molecule has 0 saturated heterocycles. The van der Waals surface area contributed by atoms with Gasteiger partial charge in [0.05, 0.1) is 17.8 Å². The molecule has 0 bridgehead atoms. The van der Waals surface area contributed by atoms with Crippen LogP contribution in [0.4, 0.5) is 0 Å². The number of aromatic nitrogens is 4. The molecule has 0 amide bonds. The van der Waals surface area contributed by atoms with E-state index in [1.54, 1.807) is 12.3 Å². The molecule has 3 aromatic heterocycles. The lowest BCUT2D eigenvalue weighted by Crippen LogP contribution is -2.00. The standard InChI is InChI=1S/C45H27N5O/c46-26-29-9-7-14-34(23-29)31-17-19-33(20-18-31)44-48-43(32-12-5-2-6-13-32)49-45(50-44)37-21-22-38-40(25-37)51-41-28-47-27-39(42(38)41)36-16-8-15-35(24-36)30-10-3-1-4-11-30/h1-25,27-28H. The second kappa shape index (κ2) is 12.7. The zero-order chi connectivity index (χ0) is 34.1. The van der Waals surface area contributed by atoms with Crippen molar-refractivity contribution in [2.75, 3.05) is 0 Å². The van der Waals surface area contributed by atoms with Gasteiger partial charge in [-0.2, -0.15) is 5.26 Å². The van der Waals surface area contributed by atoms with Crippen molar-refractivity contribution in [3.8, 4) is 73.6 Å². The second-order valence-corrected chi connectivity index (χ2v) is 12.3. The molecule has 0 atom stereocenters. The molecule has 0 fully saturated rings. The molecular weight excluding hydrogens is 627 g/mol. The van der Waals surface area contributed by atoms with Crippen LogP contribution in [0, 0.1) is 11.3 Å². The lowest BCUT2D eigenvalue weighted by molar-refractivity contribution is 0.667. The summed E-state index contributed by atoms with van der Waals surface area (Å²) in [6, 6.07) is 52.8. The third kappa shape index (κ3) is 5.69. The van der Waals surface area contributed by atoms with Crippen LogP contribution < -0.4 is 0 Å². The van der Waals surface area contributed by atoms with Gasteiger partial charge in [0.25, 0.3) is 0 Å². The lowest BCUT2D eigenvalue weighted by Gasteiger charge is -2.09. The van der Waals surface area contributed by atoms with Crippen molar-refractivity contribution in [3.63, 3.8) is 0 Å². The molecular formula is C45H27N5O. The summed E-state index contributed by atoms with van der Waals surface area (Å²) in [5.41, 5.74) is 11.0. The van der Waals surface area contributed by atoms with Crippen molar-refractivity contribution in [2.24, 2.45) is 0 Å². The van der Waals surface area contributed by atoms with Crippen LogP contribution >= 0.6 is 0 Å². The fourth-order valence-electron chi connectivity index (χ4n) is 6.51. The van der Waals surface area contributed by atoms with Crippen LogP contribution in [0.25, 0.3) is 89.5 Å². The number of rotatable bonds is 6. The highest BCUT2D eigenvalue weighted by atomic mass is 16.3. The third-order valence-corrected chi connectivity index (χ3v) is 9.06. The zero-order valence-corrected chi connectivity index (χ0v) is 27.2. The van der Waals surface area contributed by atoms with Crippen molar-refractivity contribution < 1.29 is 4.42 Å². The van der Waals surface area contributed by atoms with Gasteiger partial charge in [-0.15, -0.1) is 0 Å². The van der Waals surface area contributed by atoms with Gasteiger partial charge in [-0.3, -0.25) is 4.98 Å². The number of furan rings is 1. The summed E-state index contributed by atoms with van der Waals surface area (Å²) < 4.78 is 6.44. The SMILES string of the molecule is N#Cc1cccc(-c2ccc(-c3nc(-c4ccccc4)nc(-c4ccc5c(c4)oc4cncc(-c6cccc(-c7ccccc7)c6)c45)n3)cc2)c1. The fraction of sp³-hybridized carbons (Fsp3) is 0. The van der Waals surface area contributed by atoms with Gasteiger partial charge < -0.3 is 4.42 Å². The molecule has 6 aromatic carbocycles. The maximum Gasteiger partial charge on any atom is 0.164 e. The van der Waals surface area contributed by atoms with Gasteiger partial charge in [0.2, 0.25) is 0 Å². The maximum atomic E-state index is 9.36. The van der Waals surface area contributed by atoms with Gasteiger partial charge in [-0.1, -0.05) is 121 Å². The van der Waals surface area contributed by atoms with E-state index in [0.29, 0.717) is 28.6 Å². The molecule has 0 aliphatic heterocycles. The summed E-state index contributed by atoms with van der Waals surface area (Å²) in [7, 11) is 0. The highest BCUT2D eigenvalue weighted by Gasteiger charge is 2.17. The van der Waals surface area contributed by atoms with E-state index in [9.17, 15) is 5.26 Å². The summed E-state index contributed by atoms with van der Waals surface area (Å²) >= 11 is 0. The average Bonchev–Trinajstić information content (AvgIpc) is 3.60. The molecule has 0 N–H and O–H groups in total. The highest BCUT2D eigenvalue weighted by molar-refractivity contribution is 6.12. The smallest absolute Gasteiger partial charge is 0.164 e. The van der Waals surface area contributed by atoms with Crippen molar-refractivity contribution in [1.29, 1.82) is 5.26 Å². The van der Waals surface area contributed by atoms with Gasteiger partial charge in [0.15, 0.2) is 23.1 Å². The normalized spacial score (nSPS) is 11.1. The summed E-state index contributed by atoms with van der Waals surface area (Å²) in [4.78, 5) is 19.4. The first-order valence-electron chi connectivity index (χ1n) is 16.6. The van der Waals surface area contributed by atoms with Gasteiger partial charge >= 0.3 is 0 Å². The van der Waals surface area contributed by atoms with E-state index < -0.39 is 0 Å². The topological polar surface area (TPSA) is 88.5 Å². The summed E-state index contributed by atoms with van der Waals surface area (Å²) in [5.74, 6) is 1.68. The molecule has 238 valence electrons. The molecule has 51 heavy (non-hydrogen) atoms. The molecule has 0 aliphatic rings. The Morgan fingerprint density at radius 3 is 1.71 bits per heavy atom. The minimum Gasteiger partial charge on any atom is -0.454 e. The lowest BCUT2D eigenvalue weighted by atomic mass is 9.97. The minimum atomic E-state index is 0.543. The predicted molar refractivity (Wildman–Crippen MR) is 202 cm³/mol. The largest absolute Gasteiger partial charge is 0.454 e. The van der Waals surface area contributed by atoms with E-state index in [2.05, 4.69) is 65.7 Å². The molecule has 9 aromatic rings. The first kappa shape index (κ1) is 29.9. The Labute approximate surface area is 294 Å². The van der Waals surface area contributed by atoms with E-state index in [0.717, 1.165) is 66.4 Å². The highest BCUT2D eigenvalue weighted by Crippen LogP contribution is 2.38. The summed E-state index contributed by atoms with van der Waals surface area (Å²) in [5, 5.41) is 11.4. The molecule has 0 aliphatic carbocycles. The van der Waals surface area contributed by atoms with Crippen LogP contribution in [0.1, 0.15) is 5.56 Å². The average molecular weight is 654 g/mol. The van der Waals surface area contributed by atoms with Gasteiger partial charge in [0.1, 0.15) is 5.58 Å². The number of pyridine rings is 1. The molecule has 0 unspecified atom stereocenters. The van der Waals surface area contributed by atoms with Crippen LogP contribution in [0.3, 0.4) is 0 Å². The third-order valence-electron chi connectivity index (χ3n) is 9.06. The Morgan fingerprint density at radius 2 is 0.980 bits per heavy atom. The van der Waals surface area contributed by atoms with Crippen LogP contribution in [0.5, 0.6) is 0 Å². The monoisotopic (exact) mass is 653 g/mol. The van der Waals surface area contributed by atoms with Crippen molar-refractivity contribution >= 4 is 21.9 Å². The number of benzene rings is 6. The van der Waals surface area contributed by atoms with Crippen molar-refractivity contribution in [1.82, 2.24) is 19.9 Å². The van der Waals surface area contributed by atoms with E-state index in [1.807, 2.05) is 97.2 Å². The Balaban J connectivity index is 1.13. The zero-order valence-electron chi connectivity index (χ0n) is 27.2. The molecule has 9 rings (SSSR count). The number of hydrogen-bond donors (Lipinski definition) is 0. The Morgan fingerprint density at radius 1 is 0.431 bits per heavy atom. The van der Waals surface area contributed by atoms with Crippen molar-refractivity contribution in [2.45, 2.75) is 0 Å². The summed E-state index contributed by atoms with van der Waals surface area (Å²) in [6.07, 6.45) is 3.68. The first-order chi connectivity index (χ1) is 25.2. The summed E-state index contributed by atoms with van der Waals surface area (Å²) in [6.45, 7) is 0. The number of fused-ring (bicyclic) bond motifs is 3. The van der Waals surface area contributed by atoms with E-state index in [-0.39, 0.29) is 0 Å². The maximum absolute atomic E-state index is 9.36. The number of nitriles is 1. The van der Waals surface area contributed by atoms with E-state index in [4.69, 9.17) is 19.4 Å².